The van der Waals surface area contributed by atoms with E-state index in [-0.39, 0.29) is 16.5 Å². The zero-order chi connectivity index (χ0) is 15.4. The minimum absolute atomic E-state index is 0.152. The summed E-state index contributed by atoms with van der Waals surface area (Å²) in [6.45, 7) is 0. The molecule has 0 radical (unpaired) electrons. The lowest BCUT2D eigenvalue weighted by atomic mass is 10.1. The van der Waals surface area contributed by atoms with E-state index < -0.39 is 11.7 Å². The molecule has 0 unspecified atom stereocenters. The molecule has 0 saturated heterocycles. The molecule has 1 heterocycles. The second-order valence-corrected chi connectivity index (χ2v) is 4.46. The summed E-state index contributed by atoms with van der Waals surface area (Å²) in [6, 6.07) is 5.64. The Morgan fingerprint density at radius 3 is 2.81 bits per heavy atom. The predicted octanol–water partition coefficient (Wildman–Crippen LogP) is 3.18. The lowest BCUT2D eigenvalue weighted by Gasteiger charge is -2.13. The Bertz CT molecular complexity index is 679. The van der Waals surface area contributed by atoms with Gasteiger partial charge in [-0.15, -0.1) is 0 Å². The minimum Gasteiger partial charge on any atom is -0.496 e. The molecule has 2 rings (SSSR count). The molecule has 0 aliphatic heterocycles. The van der Waals surface area contributed by atoms with Gasteiger partial charge < -0.3 is 15.4 Å². The Labute approximate surface area is 126 Å². The molecule has 0 saturated carbocycles. The molecular weight excluding hydrogens is 297 g/mol. The fourth-order valence-corrected chi connectivity index (χ4v) is 1.97. The smallest absolute Gasteiger partial charge is 0.262 e. The maximum absolute atomic E-state index is 13.9. The average Bonchev–Trinajstić information content (AvgIpc) is 2.47. The topological polar surface area (TPSA) is 63.2 Å². The number of methoxy groups -OCH3 is 1. The number of anilines is 2. The van der Waals surface area contributed by atoms with Crippen molar-refractivity contribution in [3.05, 3.63) is 47.0 Å². The molecule has 0 atom stereocenters. The van der Waals surface area contributed by atoms with Crippen LogP contribution in [-0.2, 0) is 0 Å². The largest absolute Gasteiger partial charge is 0.496 e. The van der Waals surface area contributed by atoms with Crippen LogP contribution >= 0.6 is 11.6 Å². The van der Waals surface area contributed by atoms with Gasteiger partial charge in [0, 0.05) is 13.1 Å². The van der Waals surface area contributed by atoms with Gasteiger partial charge in [0.15, 0.2) is 0 Å². The third-order valence-corrected chi connectivity index (χ3v) is 3.02. The van der Waals surface area contributed by atoms with E-state index in [0.29, 0.717) is 11.4 Å². The summed E-state index contributed by atoms with van der Waals surface area (Å²) in [7, 11) is 3.04. The zero-order valence-corrected chi connectivity index (χ0v) is 12.2. The molecule has 0 fully saturated rings. The number of aromatic nitrogens is 1. The summed E-state index contributed by atoms with van der Waals surface area (Å²) in [4.78, 5) is 16.2. The molecule has 1 aromatic carbocycles. The van der Waals surface area contributed by atoms with E-state index in [2.05, 4.69) is 15.6 Å². The Balaban J connectivity index is 2.37. The quantitative estimate of drug-likeness (QED) is 0.852. The number of rotatable bonds is 4. The summed E-state index contributed by atoms with van der Waals surface area (Å²) in [5.74, 6) is -1.15. The Hall–Kier alpha value is -2.34. The SMILES string of the molecule is CNc1cnc(Cl)cc1NC(=O)c1c(F)cccc1OC. The number of pyridine rings is 1. The molecule has 2 aromatic rings. The lowest BCUT2D eigenvalue weighted by molar-refractivity contribution is 0.102. The van der Waals surface area contributed by atoms with Gasteiger partial charge in [-0.25, -0.2) is 9.37 Å². The highest BCUT2D eigenvalue weighted by molar-refractivity contribution is 6.30. The first-order valence-corrected chi connectivity index (χ1v) is 6.41. The van der Waals surface area contributed by atoms with Gasteiger partial charge >= 0.3 is 0 Å². The van der Waals surface area contributed by atoms with Crippen LogP contribution in [0.4, 0.5) is 15.8 Å². The van der Waals surface area contributed by atoms with Gasteiger partial charge in [-0.3, -0.25) is 4.79 Å². The minimum atomic E-state index is -0.669. The molecular formula is C14H13ClFN3O2. The van der Waals surface area contributed by atoms with Crippen LogP contribution in [0.25, 0.3) is 0 Å². The fourth-order valence-electron chi connectivity index (χ4n) is 1.81. The van der Waals surface area contributed by atoms with Gasteiger partial charge in [-0.1, -0.05) is 17.7 Å². The van der Waals surface area contributed by atoms with E-state index in [9.17, 15) is 9.18 Å². The highest BCUT2D eigenvalue weighted by atomic mass is 35.5. The number of nitrogens with one attached hydrogen (secondary N) is 2. The Morgan fingerprint density at radius 1 is 1.38 bits per heavy atom. The van der Waals surface area contributed by atoms with Crippen molar-refractivity contribution in [2.75, 3.05) is 24.8 Å². The second-order valence-electron chi connectivity index (χ2n) is 4.07. The first kappa shape index (κ1) is 15.1. The highest BCUT2D eigenvalue weighted by Gasteiger charge is 2.18. The van der Waals surface area contributed by atoms with Gasteiger partial charge in [0.1, 0.15) is 22.3 Å². The van der Waals surface area contributed by atoms with Crippen molar-refractivity contribution in [1.29, 1.82) is 0 Å². The molecule has 1 aromatic heterocycles. The average molecular weight is 310 g/mol. The fraction of sp³-hybridized carbons (Fsp3) is 0.143. The van der Waals surface area contributed by atoms with Gasteiger partial charge in [0.25, 0.3) is 5.91 Å². The predicted molar refractivity (Wildman–Crippen MR) is 79.7 cm³/mol. The van der Waals surface area contributed by atoms with E-state index in [1.54, 1.807) is 7.05 Å². The van der Waals surface area contributed by atoms with Crippen LogP contribution in [0.15, 0.2) is 30.5 Å². The lowest BCUT2D eigenvalue weighted by Crippen LogP contribution is -2.16. The number of nitrogens with zero attached hydrogens (tertiary/aromatic N) is 1. The van der Waals surface area contributed by atoms with E-state index in [4.69, 9.17) is 16.3 Å². The molecule has 5 nitrogen and oxygen atoms in total. The first-order valence-electron chi connectivity index (χ1n) is 6.04. The number of hydrogen-bond acceptors (Lipinski definition) is 4. The summed E-state index contributed by atoms with van der Waals surface area (Å²) in [5.41, 5.74) is 0.783. The van der Waals surface area contributed by atoms with Crippen LogP contribution in [0, 0.1) is 5.82 Å². The summed E-state index contributed by atoms with van der Waals surface area (Å²) >= 11 is 5.80. The maximum atomic E-state index is 13.9. The number of ether oxygens (including phenoxy) is 1. The van der Waals surface area contributed by atoms with Crippen molar-refractivity contribution in [2.24, 2.45) is 0 Å². The molecule has 1 amide bonds. The number of hydrogen-bond donors (Lipinski definition) is 2. The molecule has 110 valence electrons. The van der Waals surface area contributed by atoms with Crippen molar-refractivity contribution >= 4 is 28.9 Å². The van der Waals surface area contributed by atoms with E-state index in [1.807, 2.05) is 0 Å². The van der Waals surface area contributed by atoms with Crippen LogP contribution in [0.3, 0.4) is 0 Å². The highest BCUT2D eigenvalue weighted by Crippen LogP contribution is 2.26. The monoisotopic (exact) mass is 309 g/mol. The third-order valence-electron chi connectivity index (χ3n) is 2.81. The van der Waals surface area contributed by atoms with Crippen molar-refractivity contribution < 1.29 is 13.9 Å². The van der Waals surface area contributed by atoms with E-state index >= 15 is 0 Å². The number of halogens is 2. The molecule has 0 bridgehead atoms. The summed E-state index contributed by atoms with van der Waals surface area (Å²) < 4.78 is 18.9. The molecule has 0 spiro atoms. The normalized spacial score (nSPS) is 10.1. The standard InChI is InChI=1S/C14H13ClFN3O2/c1-17-10-7-18-12(15)6-9(10)19-14(20)13-8(16)4-3-5-11(13)21-2/h3-7,17H,1-2H3,(H,18,19,20). The number of carbonyl (C=O) groups is 1. The van der Waals surface area contributed by atoms with E-state index in [1.165, 1.54) is 37.6 Å². The van der Waals surface area contributed by atoms with Crippen molar-refractivity contribution in [1.82, 2.24) is 4.98 Å². The van der Waals surface area contributed by atoms with Crippen molar-refractivity contribution in [2.45, 2.75) is 0 Å². The van der Waals surface area contributed by atoms with Crippen molar-refractivity contribution in [3.8, 4) is 5.75 Å². The van der Waals surface area contributed by atoms with Gasteiger partial charge in [0.2, 0.25) is 0 Å². The Kier molecular flexibility index (Phi) is 4.59. The molecule has 0 aliphatic rings. The van der Waals surface area contributed by atoms with Crippen LogP contribution in [0.2, 0.25) is 5.15 Å². The summed E-state index contributed by atoms with van der Waals surface area (Å²) in [5, 5.41) is 5.66. The van der Waals surface area contributed by atoms with E-state index in [0.717, 1.165) is 0 Å². The second kappa shape index (κ2) is 6.41. The van der Waals surface area contributed by atoms with Crippen LogP contribution < -0.4 is 15.4 Å². The molecule has 0 aliphatic carbocycles. The van der Waals surface area contributed by atoms with Crippen molar-refractivity contribution in [3.63, 3.8) is 0 Å². The number of amides is 1. The van der Waals surface area contributed by atoms with Gasteiger partial charge in [-0.05, 0) is 12.1 Å². The van der Waals surface area contributed by atoms with Crippen LogP contribution in [-0.4, -0.2) is 25.0 Å². The summed E-state index contributed by atoms with van der Waals surface area (Å²) in [6.07, 6.45) is 1.47. The zero-order valence-electron chi connectivity index (χ0n) is 11.4. The first-order chi connectivity index (χ1) is 10.1. The van der Waals surface area contributed by atoms with Crippen LogP contribution in [0.5, 0.6) is 5.75 Å². The van der Waals surface area contributed by atoms with Crippen LogP contribution in [0.1, 0.15) is 10.4 Å². The Morgan fingerprint density at radius 2 is 2.14 bits per heavy atom. The third kappa shape index (κ3) is 3.22. The maximum Gasteiger partial charge on any atom is 0.262 e. The number of benzene rings is 1. The van der Waals surface area contributed by atoms with Gasteiger partial charge in [0.05, 0.1) is 24.7 Å². The molecule has 21 heavy (non-hydrogen) atoms. The number of carbonyl (C=O) groups excluding carboxylic acids is 1. The molecule has 2 N–H and O–H groups in total. The van der Waals surface area contributed by atoms with Gasteiger partial charge in [-0.2, -0.15) is 0 Å². The molecule has 7 heteroatoms.